The van der Waals surface area contributed by atoms with Gasteiger partial charge < -0.3 is 9.88 Å². The number of fused-ring (bicyclic) bond motifs is 1. The van der Waals surface area contributed by atoms with Gasteiger partial charge >= 0.3 is 0 Å². The smallest absolute Gasteiger partial charge is 0.220 e. The van der Waals surface area contributed by atoms with Crippen LogP contribution in [-0.2, 0) is 24.3 Å². The number of aryl methyl sites for hydroxylation is 2. The van der Waals surface area contributed by atoms with Crippen molar-refractivity contribution < 1.29 is 4.79 Å². The van der Waals surface area contributed by atoms with Crippen LogP contribution in [0.1, 0.15) is 30.9 Å². The van der Waals surface area contributed by atoms with Crippen molar-refractivity contribution in [3.8, 4) is 0 Å². The zero-order chi connectivity index (χ0) is 17.6. The van der Waals surface area contributed by atoms with Crippen LogP contribution in [0.15, 0.2) is 54.7 Å². The van der Waals surface area contributed by atoms with Gasteiger partial charge in [0.1, 0.15) is 0 Å². The first-order chi connectivity index (χ1) is 12.2. The van der Waals surface area contributed by atoms with Gasteiger partial charge in [-0.05, 0) is 43.0 Å². The van der Waals surface area contributed by atoms with E-state index in [9.17, 15) is 4.79 Å². The molecule has 0 spiro atoms. The second-order valence-corrected chi connectivity index (χ2v) is 6.59. The minimum atomic E-state index is 0.0687. The van der Waals surface area contributed by atoms with Crippen LogP contribution in [0.3, 0.4) is 0 Å². The van der Waals surface area contributed by atoms with Crippen LogP contribution in [0, 0.1) is 0 Å². The van der Waals surface area contributed by atoms with Crippen molar-refractivity contribution in [2.45, 2.75) is 39.3 Å². The van der Waals surface area contributed by atoms with E-state index < -0.39 is 0 Å². The lowest BCUT2D eigenvalue weighted by Crippen LogP contribution is -2.22. The molecule has 0 aliphatic carbocycles. The molecule has 0 aliphatic rings. The summed E-state index contributed by atoms with van der Waals surface area (Å²) >= 11 is 6.11. The van der Waals surface area contributed by atoms with Gasteiger partial charge in [0.25, 0.3) is 0 Å². The number of benzene rings is 2. The highest BCUT2D eigenvalue weighted by Gasteiger charge is 2.08. The number of halogens is 1. The molecule has 1 amide bonds. The Bertz CT molecular complexity index is 869. The summed E-state index contributed by atoms with van der Waals surface area (Å²) in [5.74, 6) is 0.0687. The van der Waals surface area contributed by atoms with E-state index in [1.807, 2.05) is 24.3 Å². The van der Waals surface area contributed by atoms with Gasteiger partial charge in [0.05, 0.1) is 0 Å². The third kappa shape index (κ3) is 4.23. The van der Waals surface area contributed by atoms with Crippen molar-refractivity contribution in [1.82, 2.24) is 9.88 Å². The first-order valence-corrected chi connectivity index (χ1v) is 9.13. The highest BCUT2D eigenvalue weighted by atomic mass is 35.5. The number of carbonyl (C=O) groups is 1. The monoisotopic (exact) mass is 354 g/mol. The van der Waals surface area contributed by atoms with Gasteiger partial charge in [-0.1, -0.05) is 48.0 Å². The molecule has 1 heterocycles. The number of nitrogens with zero attached hydrogens (tertiary/aromatic N) is 1. The number of nitrogens with one attached hydrogen (secondary N) is 1. The second-order valence-electron chi connectivity index (χ2n) is 6.18. The topological polar surface area (TPSA) is 34.0 Å². The molecule has 3 aromatic rings. The van der Waals surface area contributed by atoms with E-state index in [-0.39, 0.29) is 5.91 Å². The molecular formula is C21H23ClN2O. The molecule has 130 valence electrons. The normalized spacial score (nSPS) is 11.0. The fraction of sp³-hybridized carbons (Fsp3) is 0.286. The average Bonchev–Trinajstić information content (AvgIpc) is 2.99. The third-order valence-corrected chi connectivity index (χ3v) is 4.86. The number of rotatable bonds is 7. The summed E-state index contributed by atoms with van der Waals surface area (Å²) in [7, 11) is 0. The Labute approximate surface area is 153 Å². The standard InChI is InChI=1S/C21H23ClN2O/c1-2-24-15-17(18-10-4-6-12-20(18)24)9-7-13-21(25)23-14-16-8-3-5-11-19(16)22/h3-6,8,10-12,15H,2,7,9,13-14H2,1H3,(H,23,25). The van der Waals surface area contributed by atoms with E-state index in [0.717, 1.165) is 24.9 Å². The predicted octanol–water partition coefficient (Wildman–Crippen LogP) is 4.95. The Balaban J connectivity index is 1.53. The van der Waals surface area contributed by atoms with Crippen molar-refractivity contribution in [2.75, 3.05) is 0 Å². The van der Waals surface area contributed by atoms with Crippen LogP contribution >= 0.6 is 11.6 Å². The molecular weight excluding hydrogens is 332 g/mol. The maximum absolute atomic E-state index is 12.1. The van der Waals surface area contributed by atoms with E-state index in [4.69, 9.17) is 11.6 Å². The summed E-state index contributed by atoms with van der Waals surface area (Å²) in [5.41, 5.74) is 3.53. The molecule has 0 unspecified atom stereocenters. The predicted molar refractivity (Wildman–Crippen MR) is 104 cm³/mol. The number of amides is 1. The van der Waals surface area contributed by atoms with E-state index in [1.165, 1.54) is 16.5 Å². The van der Waals surface area contributed by atoms with E-state index in [1.54, 1.807) is 0 Å². The molecule has 0 fully saturated rings. The molecule has 4 heteroatoms. The highest BCUT2D eigenvalue weighted by Crippen LogP contribution is 2.23. The molecule has 25 heavy (non-hydrogen) atoms. The lowest BCUT2D eigenvalue weighted by molar-refractivity contribution is -0.121. The van der Waals surface area contributed by atoms with Crippen molar-refractivity contribution >= 4 is 28.4 Å². The van der Waals surface area contributed by atoms with Crippen LogP contribution in [0.25, 0.3) is 10.9 Å². The fourth-order valence-corrected chi connectivity index (χ4v) is 3.35. The van der Waals surface area contributed by atoms with Gasteiger partial charge in [-0.25, -0.2) is 0 Å². The van der Waals surface area contributed by atoms with Crippen LogP contribution in [0.5, 0.6) is 0 Å². The number of carbonyl (C=O) groups excluding carboxylic acids is 1. The third-order valence-electron chi connectivity index (χ3n) is 4.50. The number of aromatic nitrogens is 1. The minimum absolute atomic E-state index is 0.0687. The van der Waals surface area contributed by atoms with E-state index >= 15 is 0 Å². The van der Waals surface area contributed by atoms with Crippen molar-refractivity contribution in [3.05, 3.63) is 70.9 Å². The maximum atomic E-state index is 12.1. The lowest BCUT2D eigenvalue weighted by atomic mass is 10.1. The van der Waals surface area contributed by atoms with E-state index in [0.29, 0.717) is 18.0 Å². The number of para-hydroxylation sites is 1. The Morgan fingerprint density at radius 1 is 1.08 bits per heavy atom. The van der Waals surface area contributed by atoms with Crippen molar-refractivity contribution in [3.63, 3.8) is 0 Å². The molecule has 2 aromatic carbocycles. The summed E-state index contributed by atoms with van der Waals surface area (Å²) in [6.07, 6.45) is 4.49. The Morgan fingerprint density at radius 3 is 2.64 bits per heavy atom. The van der Waals surface area contributed by atoms with Crippen LogP contribution in [-0.4, -0.2) is 10.5 Å². The summed E-state index contributed by atoms with van der Waals surface area (Å²) in [6, 6.07) is 16.0. The van der Waals surface area contributed by atoms with Gasteiger partial charge in [0.2, 0.25) is 5.91 Å². The van der Waals surface area contributed by atoms with Gasteiger partial charge in [-0.15, -0.1) is 0 Å². The largest absolute Gasteiger partial charge is 0.352 e. The van der Waals surface area contributed by atoms with Crippen molar-refractivity contribution in [2.24, 2.45) is 0 Å². The first kappa shape index (κ1) is 17.6. The Kier molecular flexibility index (Phi) is 5.77. The molecule has 3 nitrogen and oxygen atoms in total. The van der Waals surface area contributed by atoms with Gasteiger partial charge in [-0.3, -0.25) is 4.79 Å². The summed E-state index contributed by atoms with van der Waals surface area (Å²) in [5, 5.41) is 4.93. The maximum Gasteiger partial charge on any atom is 0.220 e. The lowest BCUT2D eigenvalue weighted by Gasteiger charge is -2.07. The molecule has 0 saturated heterocycles. The van der Waals surface area contributed by atoms with E-state index in [2.05, 4.69) is 47.3 Å². The van der Waals surface area contributed by atoms with Crippen LogP contribution in [0.2, 0.25) is 5.02 Å². The zero-order valence-electron chi connectivity index (χ0n) is 14.5. The molecule has 0 atom stereocenters. The first-order valence-electron chi connectivity index (χ1n) is 8.76. The SMILES string of the molecule is CCn1cc(CCCC(=O)NCc2ccccc2Cl)c2ccccc21. The fourth-order valence-electron chi connectivity index (χ4n) is 3.15. The molecule has 1 aromatic heterocycles. The highest BCUT2D eigenvalue weighted by molar-refractivity contribution is 6.31. The molecule has 3 rings (SSSR count). The zero-order valence-corrected chi connectivity index (χ0v) is 15.2. The molecule has 0 aliphatic heterocycles. The molecule has 0 radical (unpaired) electrons. The summed E-state index contributed by atoms with van der Waals surface area (Å²) < 4.78 is 2.27. The molecule has 0 saturated carbocycles. The Morgan fingerprint density at radius 2 is 1.84 bits per heavy atom. The van der Waals surface area contributed by atoms with Gasteiger partial charge in [0, 0.05) is 41.6 Å². The summed E-state index contributed by atoms with van der Waals surface area (Å²) in [4.78, 5) is 12.1. The quantitative estimate of drug-likeness (QED) is 0.639. The molecule has 1 N–H and O–H groups in total. The van der Waals surface area contributed by atoms with Crippen LogP contribution in [0.4, 0.5) is 0 Å². The van der Waals surface area contributed by atoms with Gasteiger partial charge in [0.15, 0.2) is 0 Å². The summed E-state index contributed by atoms with van der Waals surface area (Å²) in [6.45, 7) is 3.59. The molecule has 0 bridgehead atoms. The van der Waals surface area contributed by atoms with Crippen LogP contribution < -0.4 is 5.32 Å². The second kappa shape index (κ2) is 8.21. The number of hydrogen-bond donors (Lipinski definition) is 1. The average molecular weight is 355 g/mol. The van der Waals surface area contributed by atoms with Gasteiger partial charge in [-0.2, -0.15) is 0 Å². The minimum Gasteiger partial charge on any atom is -0.352 e. The van der Waals surface area contributed by atoms with Crippen molar-refractivity contribution in [1.29, 1.82) is 0 Å². The Hall–Kier alpha value is -2.26. The number of hydrogen-bond acceptors (Lipinski definition) is 1.